The van der Waals surface area contributed by atoms with Crippen LogP contribution in [0.4, 0.5) is 0 Å². The van der Waals surface area contributed by atoms with Crippen molar-refractivity contribution in [2.24, 2.45) is 0 Å². The first-order valence-electron chi connectivity index (χ1n) is 6.08. The molecule has 6 heteroatoms. The van der Waals surface area contributed by atoms with Crippen LogP contribution in [0.15, 0.2) is 29.8 Å². The van der Waals surface area contributed by atoms with E-state index in [0.29, 0.717) is 6.42 Å². The summed E-state index contributed by atoms with van der Waals surface area (Å²) < 4.78 is 12.7. The molecule has 1 aliphatic heterocycles. The number of nitriles is 1. The van der Waals surface area contributed by atoms with Gasteiger partial charge in [-0.1, -0.05) is 0 Å². The van der Waals surface area contributed by atoms with Crippen LogP contribution in [0.3, 0.4) is 0 Å². The molecule has 20 heavy (non-hydrogen) atoms. The molecule has 3 aromatic rings. The Morgan fingerprint density at radius 2 is 2.25 bits per heavy atom. The summed E-state index contributed by atoms with van der Waals surface area (Å²) in [5.41, 5.74) is 2.68. The molecule has 0 amide bonds. The quantitative estimate of drug-likeness (QED) is 0.725. The van der Waals surface area contributed by atoms with Gasteiger partial charge in [0.2, 0.25) is 6.79 Å². The van der Waals surface area contributed by atoms with E-state index in [1.165, 1.54) is 0 Å². The second-order valence-corrected chi connectivity index (χ2v) is 5.24. The van der Waals surface area contributed by atoms with Gasteiger partial charge in [0.05, 0.1) is 23.9 Å². The van der Waals surface area contributed by atoms with Crippen molar-refractivity contribution < 1.29 is 9.47 Å². The van der Waals surface area contributed by atoms with Gasteiger partial charge in [-0.05, 0) is 18.2 Å². The Balaban J connectivity index is 1.91. The highest BCUT2D eigenvalue weighted by molar-refractivity contribution is 7.15. The van der Waals surface area contributed by atoms with Crippen LogP contribution in [0, 0.1) is 11.3 Å². The zero-order chi connectivity index (χ0) is 13.5. The number of ether oxygens (including phenoxy) is 2. The molecule has 0 saturated heterocycles. The molecule has 0 fully saturated rings. The second-order valence-electron chi connectivity index (χ2n) is 4.37. The van der Waals surface area contributed by atoms with E-state index >= 15 is 0 Å². The number of imidazole rings is 1. The number of nitrogens with zero attached hydrogens (tertiary/aromatic N) is 3. The van der Waals surface area contributed by atoms with Crippen molar-refractivity contribution in [2.75, 3.05) is 6.79 Å². The number of aromatic nitrogens is 2. The summed E-state index contributed by atoms with van der Waals surface area (Å²) in [6, 6.07) is 7.94. The third kappa shape index (κ3) is 1.57. The maximum Gasteiger partial charge on any atom is 0.231 e. The smallest absolute Gasteiger partial charge is 0.231 e. The van der Waals surface area contributed by atoms with Crippen molar-refractivity contribution in [3.8, 4) is 28.8 Å². The highest BCUT2D eigenvalue weighted by atomic mass is 32.1. The molecule has 0 unspecified atom stereocenters. The Hall–Kier alpha value is -2.52. The summed E-state index contributed by atoms with van der Waals surface area (Å²) in [5.74, 6) is 1.47. The van der Waals surface area contributed by atoms with E-state index in [1.54, 1.807) is 11.3 Å². The molecule has 0 radical (unpaired) electrons. The predicted octanol–water partition coefficient (Wildman–Crippen LogP) is 2.86. The lowest BCUT2D eigenvalue weighted by molar-refractivity contribution is 0.174. The Labute approximate surface area is 118 Å². The Morgan fingerprint density at radius 1 is 1.35 bits per heavy atom. The standard InChI is InChI=1S/C14H9N3O2S/c15-4-3-10-13(16-14-17(10)5-6-20-14)9-1-2-11-12(7-9)19-8-18-11/h1-2,5-7H,3,8H2. The molecule has 0 aliphatic carbocycles. The molecule has 0 atom stereocenters. The van der Waals surface area contributed by atoms with Crippen LogP contribution in [-0.2, 0) is 6.42 Å². The van der Waals surface area contributed by atoms with Gasteiger partial charge in [-0.15, -0.1) is 11.3 Å². The molecule has 2 aromatic heterocycles. The van der Waals surface area contributed by atoms with Crippen LogP contribution in [-0.4, -0.2) is 16.2 Å². The van der Waals surface area contributed by atoms with E-state index in [4.69, 9.17) is 14.7 Å². The zero-order valence-electron chi connectivity index (χ0n) is 10.4. The Kier molecular flexibility index (Phi) is 2.41. The van der Waals surface area contributed by atoms with E-state index in [2.05, 4.69) is 11.1 Å². The van der Waals surface area contributed by atoms with Crippen molar-refractivity contribution in [3.05, 3.63) is 35.5 Å². The molecular formula is C14H9N3O2S. The number of thiazole rings is 1. The van der Waals surface area contributed by atoms with Gasteiger partial charge in [0, 0.05) is 17.1 Å². The highest BCUT2D eigenvalue weighted by Gasteiger charge is 2.18. The number of hydrogen-bond acceptors (Lipinski definition) is 5. The monoisotopic (exact) mass is 283 g/mol. The van der Waals surface area contributed by atoms with E-state index in [1.807, 2.05) is 34.2 Å². The normalized spacial score (nSPS) is 12.8. The van der Waals surface area contributed by atoms with Gasteiger partial charge in [-0.25, -0.2) is 4.98 Å². The van der Waals surface area contributed by atoms with Crippen molar-refractivity contribution in [2.45, 2.75) is 6.42 Å². The maximum atomic E-state index is 9.03. The average Bonchev–Trinajstić information content (AvgIpc) is 3.14. The topological polar surface area (TPSA) is 59.5 Å². The largest absolute Gasteiger partial charge is 0.454 e. The fourth-order valence-corrected chi connectivity index (χ4v) is 3.08. The Bertz CT molecular complexity index is 844. The third-order valence-electron chi connectivity index (χ3n) is 3.25. The van der Waals surface area contributed by atoms with Crippen molar-refractivity contribution >= 4 is 16.3 Å². The van der Waals surface area contributed by atoms with E-state index in [9.17, 15) is 0 Å². The van der Waals surface area contributed by atoms with Crippen LogP contribution >= 0.6 is 11.3 Å². The first kappa shape index (κ1) is 11.3. The summed E-state index contributed by atoms with van der Waals surface area (Å²) >= 11 is 1.55. The fourth-order valence-electron chi connectivity index (χ4n) is 2.35. The summed E-state index contributed by atoms with van der Waals surface area (Å²) in [5, 5.41) is 11.0. The molecule has 0 bridgehead atoms. The first-order chi connectivity index (χ1) is 9.86. The van der Waals surface area contributed by atoms with Gasteiger partial charge < -0.3 is 9.47 Å². The minimum atomic E-state index is 0.252. The zero-order valence-corrected chi connectivity index (χ0v) is 11.2. The second kappa shape index (κ2) is 4.25. The molecule has 5 nitrogen and oxygen atoms in total. The van der Waals surface area contributed by atoms with Crippen LogP contribution in [0.25, 0.3) is 16.2 Å². The summed E-state index contributed by atoms with van der Waals surface area (Å²) in [6.07, 6.45) is 2.26. The van der Waals surface area contributed by atoms with Crippen LogP contribution in [0.5, 0.6) is 11.5 Å². The molecule has 3 heterocycles. The van der Waals surface area contributed by atoms with E-state index < -0.39 is 0 Å². The number of benzene rings is 1. The molecule has 1 aromatic carbocycles. The number of rotatable bonds is 2. The third-order valence-corrected chi connectivity index (χ3v) is 4.01. The minimum absolute atomic E-state index is 0.252. The lowest BCUT2D eigenvalue weighted by Crippen LogP contribution is -1.93. The SMILES string of the molecule is N#CCc1c(-c2ccc3c(c2)OCO3)nc2sccn12. The lowest BCUT2D eigenvalue weighted by atomic mass is 10.1. The van der Waals surface area contributed by atoms with Crippen LogP contribution in [0.1, 0.15) is 5.69 Å². The molecule has 0 spiro atoms. The van der Waals surface area contributed by atoms with Gasteiger partial charge in [-0.3, -0.25) is 4.40 Å². The predicted molar refractivity (Wildman–Crippen MR) is 73.9 cm³/mol. The Morgan fingerprint density at radius 3 is 3.15 bits per heavy atom. The molecule has 98 valence electrons. The van der Waals surface area contributed by atoms with Crippen molar-refractivity contribution in [1.82, 2.24) is 9.38 Å². The van der Waals surface area contributed by atoms with E-state index in [0.717, 1.165) is 33.4 Å². The summed E-state index contributed by atoms with van der Waals surface area (Å²) in [6.45, 7) is 0.252. The summed E-state index contributed by atoms with van der Waals surface area (Å²) in [7, 11) is 0. The molecule has 4 rings (SSSR count). The van der Waals surface area contributed by atoms with Crippen molar-refractivity contribution in [1.29, 1.82) is 5.26 Å². The van der Waals surface area contributed by atoms with Gasteiger partial charge in [0.1, 0.15) is 0 Å². The summed E-state index contributed by atoms with van der Waals surface area (Å²) in [4.78, 5) is 5.51. The maximum absolute atomic E-state index is 9.03. The molecular weight excluding hydrogens is 274 g/mol. The van der Waals surface area contributed by atoms with Gasteiger partial charge in [0.15, 0.2) is 16.5 Å². The average molecular weight is 283 g/mol. The molecule has 0 saturated carbocycles. The number of fused-ring (bicyclic) bond motifs is 2. The van der Waals surface area contributed by atoms with Gasteiger partial charge in [-0.2, -0.15) is 5.26 Å². The highest BCUT2D eigenvalue weighted by Crippen LogP contribution is 2.37. The van der Waals surface area contributed by atoms with Gasteiger partial charge >= 0.3 is 0 Å². The van der Waals surface area contributed by atoms with Gasteiger partial charge in [0.25, 0.3) is 0 Å². The minimum Gasteiger partial charge on any atom is -0.454 e. The van der Waals surface area contributed by atoms with Crippen molar-refractivity contribution in [3.63, 3.8) is 0 Å². The fraction of sp³-hybridized carbons (Fsp3) is 0.143. The van der Waals surface area contributed by atoms with Crippen LogP contribution < -0.4 is 9.47 Å². The molecule has 1 aliphatic rings. The van der Waals surface area contributed by atoms with Crippen LogP contribution in [0.2, 0.25) is 0 Å². The van der Waals surface area contributed by atoms with E-state index in [-0.39, 0.29) is 6.79 Å². The number of hydrogen-bond donors (Lipinski definition) is 0. The first-order valence-corrected chi connectivity index (χ1v) is 6.96. The molecule has 0 N–H and O–H groups in total. The lowest BCUT2D eigenvalue weighted by Gasteiger charge is -2.02.